The average molecular weight is 256 g/mol. The van der Waals surface area contributed by atoms with Gasteiger partial charge in [-0.1, -0.05) is 60.7 Å². The number of aldehydes is 1. The molecule has 3 heteroatoms. The number of rotatable bonds is 3. The van der Waals surface area contributed by atoms with Crippen LogP contribution >= 0.6 is 0 Å². The van der Waals surface area contributed by atoms with Crippen LogP contribution < -0.4 is 0 Å². The zero-order chi connectivity index (χ0) is 13.9. The third kappa shape index (κ3) is 5.64. The van der Waals surface area contributed by atoms with E-state index in [1.54, 1.807) is 6.92 Å². The van der Waals surface area contributed by atoms with Crippen molar-refractivity contribution < 1.29 is 14.3 Å². The molecule has 0 aliphatic carbocycles. The average Bonchev–Trinajstić information content (AvgIpc) is 2.50. The van der Waals surface area contributed by atoms with Crippen molar-refractivity contribution in [3.8, 4) is 11.1 Å². The lowest BCUT2D eigenvalue weighted by Gasteiger charge is -1.98. The quantitative estimate of drug-likeness (QED) is 0.481. The molecule has 0 bridgehead atoms. The number of hydrogen-bond donors (Lipinski definition) is 0. The molecule has 3 nitrogen and oxygen atoms in total. The van der Waals surface area contributed by atoms with E-state index in [0.717, 1.165) is 0 Å². The Labute approximate surface area is 112 Å². The number of carbonyl (C=O) groups excluding carboxylic acids is 2. The van der Waals surface area contributed by atoms with E-state index in [1.165, 1.54) is 11.1 Å². The second-order valence-electron chi connectivity index (χ2n) is 3.60. The lowest BCUT2D eigenvalue weighted by Crippen LogP contribution is -2.03. The van der Waals surface area contributed by atoms with Crippen molar-refractivity contribution in [2.24, 2.45) is 0 Å². The Bertz CT molecular complexity index is 454. The van der Waals surface area contributed by atoms with Gasteiger partial charge in [-0.3, -0.25) is 4.79 Å². The van der Waals surface area contributed by atoms with Crippen LogP contribution in [0.25, 0.3) is 11.1 Å². The molecule has 19 heavy (non-hydrogen) atoms. The van der Waals surface area contributed by atoms with Crippen LogP contribution in [0.3, 0.4) is 0 Å². The van der Waals surface area contributed by atoms with Gasteiger partial charge in [-0.25, -0.2) is 4.79 Å². The largest absolute Gasteiger partial charge is 0.460 e. The lowest BCUT2D eigenvalue weighted by molar-refractivity contribution is -0.148. The summed E-state index contributed by atoms with van der Waals surface area (Å²) in [6.07, 6.45) is 0.142. The Hall–Kier alpha value is -2.42. The predicted octanol–water partition coefficient (Wildman–Crippen LogP) is 3.10. The van der Waals surface area contributed by atoms with E-state index in [2.05, 4.69) is 53.3 Å². The number of hydrogen-bond acceptors (Lipinski definition) is 3. The van der Waals surface area contributed by atoms with Gasteiger partial charge in [0.25, 0.3) is 0 Å². The summed E-state index contributed by atoms with van der Waals surface area (Å²) in [7, 11) is 0. The fourth-order valence-electron chi connectivity index (χ4n) is 1.44. The van der Waals surface area contributed by atoms with Crippen LogP contribution in [0.2, 0.25) is 0 Å². The summed E-state index contributed by atoms with van der Waals surface area (Å²) in [5.74, 6) is -0.803. The number of ether oxygens (including phenoxy) is 1. The highest BCUT2D eigenvalue weighted by molar-refractivity contribution is 6.20. The molecule has 0 N–H and O–H groups in total. The van der Waals surface area contributed by atoms with Crippen LogP contribution in [0.15, 0.2) is 60.7 Å². The summed E-state index contributed by atoms with van der Waals surface area (Å²) in [6.45, 7) is 1.90. The number of esters is 1. The predicted molar refractivity (Wildman–Crippen MR) is 74.6 cm³/mol. The van der Waals surface area contributed by atoms with Gasteiger partial charge < -0.3 is 4.74 Å². The second kappa shape index (κ2) is 8.64. The summed E-state index contributed by atoms with van der Waals surface area (Å²) in [6, 6.07) is 20.8. The first-order valence-corrected chi connectivity index (χ1v) is 6.00. The van der Waals surface area contributed by atoms with Gasteiger partial charge in [0.15, 0.2) is 0 Å². The maximum absolute atomic E-state index is 9.82. The van der Waals surface area contributed by atoms with Gasteiger partial charge >= 0.3 is 5.97 Å². The zero-order valence-corrected chi connectivity index (χ0v) is 10.8. The summed E-state index contributed by atoms with van der Waals surface area (Å²) >= 11 is 0. The van der Waals surface area contributed by atoms with E-state index < -0.39 is 5.97 Å². The molecule has 0 fully saturated rings. The maximum atomic E-state index is 9.82. The molecule has 98 valence electrons. The van der Waals surface area contributed by atoms with Crippen molar-refractivity contribution in [2.75, 3.05) is 6.61 Å². The first-order chi connectivity index (χ1) is 9.27. The minimum atomic E-state index is -0.803. The van der Waals surface area contributed by atoms with Crippen LogP contribution in [-0.2, 0) is 14.3 Å². The fourth-order valence-corrected chi connectivity index (χ4v) is 1.44. The Kier molecular flexibility index (Phi) is 6.66. The minimum Gasteiger partial charge on any atom is -0.460 e. The first kappa shape index (κ1) is 14.6. The van der Waals surface area contributed by atoms with Gasteiger partial charge in [0, 0.05) is 0 Å². The molecule has 2 aromatic carbocycles. The van der Waals surface area contributed by atoms with Crippen molar-refractivity contribution in [1.29, 1.82) is 0 Å². The SMILES string of the molecule is CCOC(=O)C=O.c1ccc(-c2ccccc2)cc1. The van der Waals surface area contributed by atoms with Crippen LogP contribution in [0.5, 0.6) is 0 Å². The fraction of sp³-hybridized carbons (Fsp3) is 0.125. The lowest BCUT2D eigenvalue weighted by atomic mass is 10.1. The van der Waals surface area contributed by atoms with Crippen LogP contribution in [0.1, 0.15) is 6.92 Å². The molecule has 0 amide bonds. The molecule has 2 aromatic rings. The molecule has 0 unspecified atom stereocenters. The summed E-state index contributed by atoms with van der Waals surface area (Å²) in [5, 5.41) is 0. The minimum absolute atomic E-state index is 0.142. The zero-order valence-electron chi connectivity index (χ0n) is 10.8. The summed E-state index contributed by atoms with van der Waals surface area (Å²) < 4.78 is 4.18. The van der Waals surface area contributed by atoms with Crippen LogP contribution in [0.4, 0.5) is 0 Å². The Morgan fingerprint density at radius 3 is 1.63 bits per heavy atom. The van der Waals surface area contributed by atoms with Gasteiger partial charge in [0.2, 0.25) is 6.29 Å². The van der Waals surface area contributed by atoms with E-state index in [1.807, 2.05) is 12.1 Å². The van der Waals surface area contributed by atoms with Crippen molar-refractivity contribution in [2.45, 2.75) is 6.92 Å². The van der Waals surface area contributed by atoms with E-state index >= 15 is 0 Å². The molecular formula is C16H16O3. The molecule has 0 saturated heterocycles. The third-order valence-corrected chi connectivity index (χ3v) is 2.26. The number of benzene rings is 2. The summed E-state index contributed by atoms with van der Waals surface area (Å²) in [4.78, 5) is 19.2. The highest BCUT2D eigenvalue weighted by Gasteiger charge is 1.92. The molecule has 0 spiro atoms. The molecule has 0 aliphatic rings. The first-order valence-electron chi connectivity index (χ1n) is 6.00. The third-order valence-electron chi connectivity index (χ3n) is 2.26. The van der Waals surface area contributed by atoms with Gasteiger partial charge in [-0.2, -0.15) is 0 Å². The Morgan fingerprint density at radius 2 is 1.37 bits per heavy atom. The maximum Gasteiger partial charge on any atom is 0.371 e. The van der Waals surface area contributed by atoms with E-state index in [0.29, 0.717) is 0 Å². The van der Waals surface area contributed by atoms with Gasteiger partial charge in [-0.15, -0.1) is 0 Å². The Morgan fingerprint density at radius 1 is 0.947 bits per heavy atom. The molecule has 0 aromatic heterocycles. The van der Waals surface area contributed by atoms with Crippen molar-refractivity contribution in [3.05, 3.63) is 60.7 Å². The molecule has 2 rings (SSSR count). The normalized spacial score (nSPS) is 8.89. The van der Waals surface area contributed by atoms with Crippen molar-refractivity contribution in [3.63, 3.8) is 0 Å². The molecule has 0 aliphatic heterocycles. The molecule has 0 atom stereocenters. The molecule has 0 radical (unpaired) electrons. The topological polar surface area (TPSA) is 43.4 Å². The van der Waals surface area contributed by atoms with Gasteiger partial charge in [0.1, 0.15) is 0 Å². The van der Waals surface area contributed by atoms with Gasteiger partial charge in [-0.05, 0) is 18.1 Å². The monoisotopic (exact) mass is 256 g/mol. The van der Waals surface area contributed by atoms with Crippen molar-refractivity contribution >= 4 is 12.3 Å². The highest BCUT2D eigenvalue weighted by Crippen LogP contribution is 2.17. The standard InChI is InChI=1S/C12H10.C4H6O3/c1-3-7-11(8-4-1)12-9-5-2-6-10-12;1-2-7-4(6)3-5/h1-10H;3H,2H2,1H3. The molecule has 0 heterocycles. The Balaban J connectivity index is 0.000000224. The molecular weight excluding hydrogens is 240 g/mol. The van der Waals surface area contributed by atoms with E-state index in [9.17, 15) is 9.59 Å². The van der Waals surface area contributed by atoms with E-state index in [4.69, 9.17) is 0 Å². The van der Waals surface area contributed by atoms with Crippen LogP contribution in [-0.4, -0.2) is 18.9 Å². The summed E-state index contributed by atoms with van der Waals surface area (Å²) in [5.41, 5.74) is 2.55. The van der Waals surface area contributed by atoms with Gasteiger partial charge in [0.05, 0.1) is 6.61 Å². The molecule has 0 saturated carbocycles. The number of carbonyl (C=O) groups is 2. The van der Waals surface area contributed by atoms with Crippen molar-refractivity contribution in [1.82, 2.24) is 0 Å². The van der Waals surface area contributed by atoms with E-state index in [-0.39, 0.29) is 12.9 Å². The highest BCUT2D eigenvalue weighted by atomic mass is 16.5. The second-order valence-corrected chi connectivity index (χ2v) is 3.60. The van der Waals surface area contributed by atoms with Crippen LogP contribution in [0, 0.1) is 0 Å². The smallest absolute Gasteiger partial charge is 0.371 e.